The van der Waals surface area contributed by atoms with Crippen molar-refractivity contribution < 1.29 is 13.2 Å². The molecule has 1 saturated heterocycles. The summed E-state index contributed by atoms with van der Waals surface area (Å²) in [6.45, 7) is 4.12. The lowest BCUT2D eigenvalue weighted by atomic mass is 9.85. The van der Waals surface area contributed by atoms with Gasteiger partial charge in [-0.05, 0) is 62.4 Å². The Morgan fingerprint density at radius 1 is 1.26 bits per heavy atom. The third-order valence-corrected chi connectivity index (χ3v) is 7.62. The molecule has 2 fully saturated rings. The van der Waals surface area contributed by atoms with Gasteiger partial charge in [-0.2, -0.15) is 0 Å². The highest BCUT2D eigenvalue weighted by Crippen LogP contribution is 2.39. The van der Waals surface area contributed by atoms with E-state index in [4.69, 9.17) is 4.42 Å². The topological polar surface area (TPSA) is 119 Å². The van der Waals surface area contributed by atoms with Gasteiger partial charge in [0, 0.05) is 29.3 Å². The van der Waals surface area contributed by atoms with E-state index in [-0.39, 0.29) is 18.5 Å². The van der Waals surface area contributed by atoms with Gasteiger partial charge in [0.15, 0.2) is 0 Å². The summed E-state index contributed by atoms with van der Waals surface area (Å²) in [4.78, 5) is 4.63. The monoisotopic (exact) mass is 495 g/mol. The highest BCUT2D eigenvalue weighted by Gasteiger charge is 2.33. The minimum absolute atomic E-state index is 0.0586. The Morgan fingerprint density at radius 3 is 2.80 bits per heavy atom. The molecule has 1 unspecified atom stereocenters. The zero-order valence-corrected chi connectivity index (χ0v) is 20.8. The number of hydrogen-bond donors (Lipinski definition) is 2. The van der Waals surface area contributed by atoms with Crippen LogP contribution in [0.1, 0.15) is 55.3 Å². The third-order valence-electron chi connectivity index (χ3n) is 6.98. The molecule has 9 nitrogen and oxygen atoms in total. The Labute approximate surface area is 208 Å². The van der Waals surface area contributed by atoms with Gasteiger partial charge < -0.3 is 19.6 Å². The fourth-order valence-corrected chi connectivity index (χ4v) is 5.00. The first kappa shape index (κ1) is 24.1. The number of anilines is 1. The van der Waals surface area contributed by atoms with E-state index in [1.807, 2.05) is 18.2 Å². The molecule has 1 saturated carbocycles. The number of nitrogens with zero attached hydrogens (tertiary/aromatic N) is 4. The molecule has 186 valence electrons. The van der Waals surface area contributed by atoms with Gasteiger partial charge in [0.2, 0.25) is 11.8 Å². The van der Waals surface area contributed by atoms with Crippen LogP contribution in [0.15, 0.2) is 46.9 Å². The maximum absolute atomic E-state index is 11.4. The Morgan fingerprint density at radius 2 is 2.06 bits per heavy atom. The van der Waals surface area contributed by atoms with E-state index in [0.717, 1.165) is 37.4 Å². The molecule has 0 radical (unpaired) electrons. The lowest BCUT2D eigenvalue weighted by molar-refractivity contribution is 0.303. The van der Waals surface area contributed by atoms with Crippen molar-refractivity contribution in [2.45, 2.75) is 44.7 Å². The number of hydrogen-bond acceptors (Lipinski definition) is 8. The zero-order valence-electron chi connectivity index (χ0n) is 20.0. The second kappa shape index (κ2) is 10.5. The smallest absolute Gasteiger partial charge is 0.248 e. The summed E-state index contributed by atoms with van der Waals surface area (Å²) in [6.07, 6.45) is 3.35. The standard InChI is InChI=1S/C25H32N6O3S/c1-16-11-19(16)14-27-22-13-18(12-20(28-22)15-31(2)35(32)33)24-29-30-25(34-24)23-21(9-6-10-26-23)17-7-4-3-5-8-17/h3-5,7-8,12-13,16,19,21,23,26H,6,9-11,14-15H2,1-2H3,(H,27,28)(H,32,33)/p-1/t16-,19+,21+,23+/m1/s1. The molecular weight excluding hydrogens is 464 g/mol. The molecule has 1 aliphatic heterocycles. The van der Waals surface area contributed by atoms with Gasteiger partial charge in [-0.3, -0.25) is 4.21 Å². The Kier molecular flexibility index (Phi) is 7.24. The van der Waals surface area contributed by atoms with Crippen LogP contribution in [0, 0.1) is 11.8 Å². The van der Waals surface area contributed by atoms with E-state index in [1.165, 1.54) is 23.3 Å². The molecule has 3 aromatic rings. The number of piperidine rings is 1. The van der Waals surface area contributed by atoms with Crippen molar-refractivity contribution in [3.63, 3.8) is 0 Å². The first-order valence-electron chi connectivity index (χ1n) is 12.2. The maximum atomic E-state index is 11.4. The van der Waals surface area contributed by atoms with Crippen LogP contribution in [0.5, 0.6) is 0 Å². The fraction of sp³-hybridized carbons (Fsp3) is 0.480. The van der Waals surface area contributed by atoms with Gasteiger partial charge in [-0.25, -0.2) is 9.29 Å². The molecule has 5 rings (SSSR count). The average Bonchev–Trinajstić information content (AvgIpc) is 3.36. The largest absolute Gasteiger partial charge is 0.760 e. The van der Waals surface area contributed by atoms with Crippen LogP contribution in [0.3, 0.4) is 0 Å². The van der Waals surface area contributed by atoms with Crippen LogP contribution in [0.2, 0.25) is 0 Å². The van der Waals surface area contributed by atoms with Crippen LogP contribution in [-0.2, 0) is 17.8 Å². The molecule has 10 heteroatoms. The summed E-state index contributed by atoms with van der Waals surface area (Å²) < 4.78 is 30.1. The van der Waals surface area contributed by atoms with Gasteiger partial charge >= 0.3 is 0 Å². The molecule has 35 heavy (non-hydrogen) atoms. The minimum Gasteiger partial charge on any atom is -0.760 e. The van der Waals surface area contributed by atoms with Crippen LogP contribution < -0.4 is 10.6 Å². The summed E-state index contributed by atoms with van der Waals surface area (Å²) >= 11 is -2.33. The number of aromatic nitrogens is 3. The van der Waals surface area contributed by atoms with Crippen molar-refractivity contribution >= 4 is 17.1 Å². The van der Waals surface area contributed by atoms with Crippen LogP contribution in [0.25, 0.3) is 11.5 Å². The van der Waals surface area contributed by atoms with Gasteiger partial charge in [0.1, 0.15) is 5.82 Å². The lowest BCUT2D eigenvalue weighted by Gasteiger charge is -2.30. The predicted molar refractivity (Wildman–Crippen MR) is 133 cm³/mol. The van der Waals surface area contributed by atoms with E-state index in [1.54, 1.807) is 0 Å². The van der Waals surface area contributed by atoms with E-state index in [9.17, 15) is 8.76 Å². The van der Waals surface area contributed by atoms with Gasteiger partial charge in [-0.1, -0.05) is 37.3 Å². The molecule has 2 N–H and O–H groups in total. The number of rotatable bonds is 9. The summed E-state index contributed by atoms with van der Waals surface area (Å²) in [5, 5.41) is 15.7. The Bertz CT molecular complexity index is 1170. The van der Waals surface area contributed by atoms with Crippen LogP contribution in [0.4, 0.5) is 5.82 Å². The van der Waals surface area contributed by atoms with E-state index in [0.29, 0.717) is 29.2 Å². The van der Waals surface area contributed by atoms with E-state index >= 15 is 0 Å². The van der Waals surface area contributed by atoms with Crippen LogP contribution in [-0.4, -0.2) is 48.4 Å². The lowest BCUT2D eigenvalue weighted by Crippen LogP contribution is -2.33. The molecular formula is C25H31N6O3S-. The SMILES string of the molecule is C[C@@H]1C[C@H]1CNc1cc(-c2nnc([C@H]3NCCC[C@H]3c3ccccc3)o2)cc(CN(C)S(=O)[O-])n1. The first-order chi connectivity index (χ1) is 17.0. The van der Waals surface area contributed by atoms with E-state index in [2.05, 4.69) is 57.0 Å². The number of pyridine rings is 1. The van der Waals surface area contributed by atoms with Crippen molar-refractivity contribution in [2.24, 2.45) is 11.8 Å². The summed E-state index contributed by atoms with van der Waals surface area (Å²) in [5.41, 5.74) is 2.58. The third kappa shape index (κ3) is 5.78. The molecule has 3 heterocycles. The van der Waals surface area contributed by atoms with Gasteiger partial charge in [0.25, 0.3) is 0 Å². The molecule has 2 aliphatic rings. The number of benzene rings is 1. The number of nitrogens with one attached hydrogen (secondary N) is 2. The summed E-state index contributed by atoms with van der Waals surface area (Å²) in [7, 11) is 1.51. The molecule has 5 atom stereocenters. The van der Waals surface area contributed by atoms with Crippen molar-refractivity contribution in [1.29, 1.82) is 0 Å². The van der Waals surface area contributed by atoms with Crippen molar-refractivity contribution in [2.75, 3.05) is 25.5 Å². The highest BCUT2D eigenvalue weighted by molar-refractivity contribution is 7.76. The molecule has 0 bridgehead atoms. The molecule has 1 aliphatic carbocycles. The zero-order chi connectivity index (χ0) is 24.4. The van der Waals surface area contributed by atoms with Crippen molar-refractivity contribution in [3.05, 3.63) is 59.6 Å². The highest BCUT2D eigenvalue weighted by atomic mass is 32.2. The normalized spacial score (nSPS) is 24.9. The van der Waals surface area contributed by atoms with Gasteiger partial charge in [0.05, 0.1) is 18.3 Å². The minimum atomic E-state index is -2.33. The summed E-state index contributed by atoms with van der Waals surface area (Å²) in [5.74, 6) is 3.26. The van der Waals surface area contributed by atoms with E-state index < -0.39 is 11.3 Å². The average molecular weight is 496 g/mol. The molecule has 1 aromatic carbocycles. The molecule has 2 aromatic heterocycles. The van der Waals surface area contributed by atoms with Crippen molar-refractivity contribution in [3.8, 4) is 11.5 Å². The van der Waals surface area contributed by atoms with Crippen LogP contribution >= 0.6 is 0 Å². The van der Waals surface area contributed by atoms with Crippen molar-refractivity contribution in [1.82, 2.24) is 24.8 Å². The first-order valence-corrected chi connectivity index (χ1v) is 13.2. The fourth-order valence-electron chi connectivity index (χ4n) is 4.77. The predicted octanol–water partition coefficient (Wildman–Crippen LogP) is 3.63. The van der Waals surface area contributed by atoms with Gasteiger partial charge in [-0.15, -0.1) is 10.2 Å². The molecule has 0 spiro atoms. The summed E-state index contributed by atoms with van der Waals surface area (Å²) in [6, 6.07) is 14.1. The quantitative estimate of drug-likeness (QED) is 0.432. The second-order valence-electron chi connectivity index (χ2n) is 9.63. The Hall–Kier alpha value is -2.66. The Balaban J connectivity index is 1.41. The maximum Gasteiger partial charge on any atom is 0.248 e. The molecule has 0 amide bonds. The second-order valence-corrected chi connectivity index (χ2v) is 10.7.